The van der Waals surface area contributed by atoms with Gasteiger partial charge in [0.15, 0.2) is 8.32 Å². The summed E-state index contributed by atoms with van der Waals surface area (Å²) in [6, 6.07) is 0. The SMILES string of the molecule is Cc1cn([C@H]2CC[C@H](CO[Si](C)(C)C(C)(C)C)O2)c(=O)[nH]c1=O. The number of nitrogens with one attached hydrogen (secondary N) is 1. The van der Waals surface area contributed by atoms with Crippen LogP contribution in [0, 0.1) is 6.92 Å². The predicted octanol–water partition coefficient (Wildman–Crippen LogP) is 2.54. The van der Waals surface area contributed by atoms with Gasteiger partial charge in [0.1, 0.15) is 6.23 Å². The van der Waals surface area contributed by atoms with Gasteiger partial charge in [0.2, 0.25) is 0 Å². The lowest BCUT2D eigenvalue weighted by Gasteiger charge is -2.36. The van der Waals surface area contributed by atoms with Crippen LogP contribution in [-0.2, 0) is 9.16 Å². The van der Waals surface area contributed by atoms with Gasteiger partial charge in [-0.15, -0.1) is 0 Å². The number of aryl methyl sites for hydroxylation is 1. The highest BCUT2D eigenvalue weighted by Crippen LogP contribution is 2.37. The molecule has 0 aliphatic carbocycles. The molecule has 0 bridgehead atoms. The number of hydrogen-bond acceptors (Lipinski definition) is 4. The van der Waals surface area contributed by atoms with Crippen molar-refractivity contribution in [2.45, 2.75) is 71.0 Å². The van der Waals surface area contributed by atoms with Gasteiger partial charge in [0, 0.05) is 11.8 Å². The first-order chi connectivity index (χ1) is 10.5. The van der Waals surface area contributed by atoms with E-state index in [9.17, 15) is 9.59 Å². The van der Waals surface area contributed by atoms with Gasteiger partial charge in [-0.3, -0.25) is 14.3 Å². The first-order valence-electron chi connectivity index (χ1n) is 8.13. The normalized spacial score (nSPS) is 22.5. The topological polar surface area (TPSA) is 73.3 Å². The van der Waals surface area contributed by atoms with Crippen molar-refractivity contribution < 1.29 is 9.16 Å². The Morgan fingerprint density at radius 1 is 1.35 bits per heavy atom. The van der Waals surface area contributed by atoms with Crippen molar-refractivity contribution in [3.63, 3.8) is 0 Å². The lowest BCUT2D eigenvalue weighted by atomic mass is 10.2. The van der Waals surface area contributed by atoms with E-state index in [1.807, 2.05) is 0 Å². The zero-order valence-corrected chi connectivity index (χ0v) is 15.9. The first kappa shape index (κ1) is 18.2. The molecule has 0 radical (unpaired) electrons. The molecule has 0 amide bonds. The van der Waals surface area contributed by atoms with E-state index in [-0.39, 0.29) is 22.9 Å². The van der Waals surface area contributed by atoms with Crippen molar-refractivity contribution >= 4 is 8.32 Å². The van der Waals surface area contributed by atoms with E-state index >= 15 is 0 Å². The average Bonchev–Trinajstić information content (AvgIpc) is 2.88. The maximum absolute atomic E-state index is 11.9. The van der Waals surface area contributed by atoms with Crippen LogP contribution >= 0.6 is 0 Å². The molecule has 7 heteroatoms. The minimum absolute atomic E-state index is 0.00624. The largest absolute Gasteiger partial charge is 0.414 e. The minimum Gasteiger partial charge on any atom is -0.414 e. The molecule has 23 heavy (non-hydrogen) atoms. The summed E-state index contributed by atoms with van der Waals surface area (Å²) in [5.41, 5.74) is -0.257. The fourth-order valence-corrected chi connectivity index (χ4v) is 3.37. The second kappa shape index (κ2) is 6.37. The quantitative estimate of drug-likeness (QED) is 0.855. The van der Waals surface area contributed by atoms with Crippen LogP contribution in [0.25, 0.3) is 0 Å². The second-order valence-electron chi connectivity index (χ2n) is 7.84. The van der Waals surface area contributed by atoms with Crippen molar-refractivity contribution in [1.29, 1.82) is 0 Å². The lowest BCUT2D eigenvalue weighted by molar-refractivity contribution is -0.0223. The van der Waals surface area contributed by atoms with Crippen LogP contribution < -0.4 is 11.2 Å². The monoisotopic (exact) mass is 340 g/mol. The van der Waals surface area contributed by atoms with Crippen LogP contribution in [0.2, 0.25) is 18.1 Å². The Hall–Kier alpha value is -1.18. The number of nitrogens with zero attached hydrogens (tertiary/aromatic N) is 1. The highest BCUT2D eigenvalue weighted by molar-refractivity contribution is 6.74. The summed E-state index contributed by atoms with van der Waals surface area (Å²) in [5, 5.41) is 0.165. The molecule has 0 spiro atoms. The van der Waals surface area contributed by atoms with Crippen LogP contribution in [0.4, 0.5) is 0 Å². The zero-order valence-electron chi connectivity index (χ0n) is 14.9. The summed E-state index contributed by atoms with van der Waals surface area (Å²) >= 11 is 0. The van der Waals surface area contributed by atoms with Crippen LogP contribution in [0.15, 0.2) is 15.8 Å². The van der Waals surface area contributed by atoms with E-state index in [0.717, 1.165) is 12.8 Å². The first-order valence-corrected chi connectivity index (χ1v) is 11.0. The van der Waals surface area contributed by atoms with Gasteiger partial charge in [-0.25, -0.2) is 4.79 Å². The number of ether oxygens (including phenoxy) is 1. The highest BCUT2D eigenvalue weighted by atomic mass is 28.4. The van der Waals surface area contributed by atoms with Crippen LogP contribution in [0.1, 0.15) is 45.4 Å². The molecule has 1 fully saturated rings. The summed E-state index contributed by atoms with van der Waals surface area (Å²) in [5.74, 6) is 0. The molecule has 6 nitrogen and oxygen atoms in total. The Balaban J connectivity index is 2.01. The molecule has 1 aromatic rings. The summed E-state index contributed by atoms with van der Waals surface area (Å²) in [6.45, 7) is 13.3. The van der Waals surface area contributed by atoms with Gasteiger partial charge >= 0.3 is 5.69 Å². The van der Waals surface area contributed by atoms with Crippen molar-refractivity contribution in [3.05, 3.63) is 32.6 Å². The molecule has 2 heterocycles. The van der Waals surface area contributed by atoms with E-state index in [1.54, 1.807) is 13.1 Å². The maximum Gasteiger partial charge on any atom is 0.330 e. The van der Waals surface area contributed by atoms with Gasteiger partial charge in [-0.1, -0.05) is 20.8 Å². The van der Waals surface area contributed by atoms with Crippen molar-refractivity contribution in [1.82, 2.24) is 9.55 Å². The highest BCUT2D eigenvalue weighted by Gasteiger charge is 2.38. The molecule has 130 valence electrons. The third-order valence-corrected chi connectivity index (χ3v) is 9.48. The predicted molar refractivity (Wildman–Crippen MR) is 92.4 cm³/mol. The molecule has 1 aliphatic heterocycles. The standard InChI is InChI=1S/C16H28N2O4Si/c1-11-9-18(15(20)17-14(11)19)13-8-7-12(22-13)10-21-23(5,6)16(2,3)4/h9,12-13H,7-8,10H2,1-6H3,(H,17,19,20)/t12-,13-/m1/s1. The fraction of sp³-hybridized carbons (Fsp3) is 0.750. The van der Waals surface area contributed by atoms with Gasteiger partial charge in [0.25, 0.3) is 5.56 Å². The summed E-state index contributed by atoms with van der Waals surface area (Å²) in [6.07, 6.45) is 2.84. The zero-order chi connectivity index (χ0) is 17.4. The van der Waals surface area contributed by atoms with Crippen molar-refractivity contribution in [2.24, 2.45) is 0 Å². The Labute approximate surface area is 138 Å². The lowest BCUT2D eigenvalue weighted by Crippen LogP contribution is -2.42. The van der Waals surface area contributed by atoms with Crippen molar-refractivity contribution in [2.75, 3.05) is 6.61 Å². The van der Waals surface area contributed by atoms with Crippen molar-refractivity contribution in [3.8, 4) is 0 Å². The Kier molecular flexibility index (Phi) is 5.03. The molecule has 0 saturated carbocycles. The van der Waals surface area contributed by atoms with Crippen LogP contribution in [0.3, 0.4) is 0 Å². The van der Waals surface area contributed by atoms with Gasteiger partial charge in [0.05, 0.1) is 12.7 Å². The van der Waals surface area contributed by atoms with Crippen LogP contribution in [0.5, 0.6) is 0 Å². The fourth-order valence-electron chi connectivity index (χ4n) is 2.33. The molecule has 0 aromatic carbocycles. The Morgan fingerprint density at radius 3 is 2.61 bits per heavy atom. The van der Waals surface area contributed by atoms with Gasteiger partial charge in [-0.05, 0) is 37.9 Å². The number of aromatic nitrogens is 2. The number of aromatic amines is 1. The summed E-state index contributed by atoms with van der Waals surface area (Å²) in [7, 11) is -1.80. The molecular weight excluding hydrogens is 312 g/mol. The third kappa shape index (κ3) is 4.02. The molecule has 0 unspecified atom stereocenters. The minimum atomic E-state index is -1.80. The smallest absolute Gasteiger partial charge is 0.330 e. The Bertz CT molecular complexity index is 672. The van der Waals surface area contributed by atoms with E-state index < -0.39 is 14.0 Å². The molecule has 1 saturated heterocycles. The maximum atomic E-state index is 11.9. The number of H-pyrrole nitrogens is 1. The molecule has 1 aliphatic rings. The second-order valence-corrected chi connectivity index (χ2v) is 12.6. The molecule has 2 atom stereocenters. The molecule has 2 rings (SSSR count). The van der Waals surface area contributed by atoms with E-state index in [0.29, 0.717) is 12.2 Å². The van der Waals surface area contributed by atoms with E-state index in [2.05, 4.69) is 38.8 Å². The summed E-state index contributed by atoms with van der Waals surface area (Å²) < 4.78 is 13.6. The Morgan fingerprint density at radius 2 is 2.00 bits per heavy atom. The van der Waals surface area contributed by atoms with E-state index in [4.69, 9.17) is 9.16 Å². The van der Waals surface area contributed by atoms with Crippen LogP contribution in [-0.4, -0.2) is 30.6 Å². The third-order valence-electron chi connectivity index (χ3n) is 4.98. The van der Waals surface area contributed by atoms with E-state index in [1.165, 1.54) is 4.57 Å². The molecular formula is C16H28N2O4Si. The number of rotatable bonds is 4. The summed E-state index contributed by atoms with van der Waals surface area (Å²) in [4.78, 5) is 25.7. The van der Waals surface area contributed by atoms with Gasteiger partial charge < -0.3 is 9.16 Å². The number of hydrogen-bond donors (Lipinski definition) is 1. The molecule has 1 aromatic heterocycles. The average molecular weight is 340 g/mol. The van der Waals surface area contributed by atoms with Gasteiger partial charge in [-0.2, -0.15) is 0 Å². The molecule has 1 N–H and O–H groups in total.